The SMILES string of the molecule is CC(c1ccc(Cl)c(F)c1)C1CCC(n2cc(F)c3c(N)ncnc32)O1. The smallest absolute Gasteiger partial charge is 0.154 e. The van der Waals surface area contributed by atoms with Crippen LogP contribution in [0.3, 0.4) is 0 Å². The van der Waals surface area contributed by atoms with Gasteiger partial charge in [-0.15, -0.1) is 0 Å². The third kappa shape index (κ3) is 2.81. The molecule has 8 heteroatoms. The van der Waals surface area contributed by atoms with Gasteiger partial charge in [-0.1, -0.05) is 24.6 Å². The van der Waals surface area contributed by atoms with Crippen LogP contribution in [0.25, 0.3) is 11.0 Å². The molecule has 1 aromatic carbocycles. The van der Waals surface area contributed by atoms with E-state index in [4.69, 9.17) is 22.1 Å². The van der Waals surface area contributed by atoms with E-state index >= 15 is 0 Å². The number of fused-ring (bicyclic) bond motifs is 1. The molecule has 0 radical (unpaired) electrons. The molecule has 1 saturated heterocycles. The van der Waals surface area contributed by atoms with Crippen LogP contribution in [0.15, 0.2) is 30.7 Å². The van der Waals surface area contributed by atoms with Crippen molar-refractivity contribution < 1.29 is 13.5 Å². The van der Waals surface area contributed by atoms with Crippen molar-refractivity contribution in [3.8, 4) is 0 Å². The van der Waals surface area contributed by atoms with E-state index in [1.54, 1.807) is 16.7 Å². The summed E-state index contributed by atoms with van der Waals surface area (Å²) >= 11 is 5.75. The second-order valence-corrected chi connectivity index (χ2v) is 6.92. The summed E-state index contributed by atoms with van der Waals surface area (Å²) in [6, 6.07) is 4.78. The highest BCUT2D eigenvalue weighted by Crippen LogP contribution is 2.38. The molecule has 0 amide bonds. The standard InChI is InChI=1S/C18H17ClF2N4O/c1-9(10-2-3-11(19)12(20)6-10)14-4-5-15(26-14)25-7-13(21)16-17(22)23-8-24-18(16)25/h2-3,6-9,14-15H,4-5H2,1H3,(H2,22,23,24). The van der Waals surface area contributed by atoms with Crippen molar-refractivity contribution in [2.45, 2.75) is 38.0 Å². The van der Waals surface area contributed by atoms with Gasteiger partial charge in [-0.05, 0) is 30.5 Å². The Bertz CT molecular complexity index is 977. The van der Waals surface area contributed by atoms with Gasteiger partial charge >= 0.3 is 0 Å². The van der Waals surface area contributed by atoms with Crippen LogP contribution in [0.5, 0.6) is 0 Å². The second kappa shape index (κ2) is 6.48. The summed E-state index contributed by atoms with van der Waals surface area (Å²) in [5, 5.41) is 0.296. The molecule has 3 unspecified atom stereocenters. The summed E-state index contributed by atoms with van der Waals surface area (Å²) in [5.41, 5.74) is 6.98. The molecule has 4 rings (SSSR count). The van der Waals surface area contributed by atoms with Crippen LogP contribution in [-0.4, -0.2) is 20.6 Å². The third-order valence-corrected chi connectivity index (χ3v) is 5.27. The Labute approximate surface area is 153 Å². The Kier molecular flexibility index (Phi) is 4.28. The number of anilines is 1. The molecule has 136 valence electrons. The maximum Gasteiger partial charge on any atom is 0.154 e. The molecule has 0 saturated carbocycles. The first kappa shape index (κ1) is 17.2. The van der Waals surface area contributed by atoms with Gasteiger partial charge in [0.25, 0.3) is 0 Å². The summed E-state index contributed by atoms with van der Waals surface area (Å²) in [4.78, 5) is 7.98. The Balaban J connectivity index is 1.59. The van der Waals surface area contributed by atoms with Crippen molar-refractivity contribution in [3.63, 3.8) is 0 Å². The number of hydrogen-bond acceptors (Lipinski definition) is 4. The van der Waals surface area contributed by atoms with Crippen LogP contribution in [0.4, 0.5) is 14.6 Å². The lowest BCUT2D eigenvalue weighted by Crippen LogP contribution is -2.17. The molecule has 1 fully saturated rings. The number of hydrogen-bond donors (Lipinski definition) is 1. The van der Waals surface area contributed by atoms with Gasteiger partial charge in [0.2, 0.25) is 0 Å². The predicted octanol–water partition coefficient (Wildman–Crippen LogP) is 4.43. The van der Waals surface area contributed by atoms with Crippen molar-refractivity contribution in [1.82, 2.24) is 14.5 Å². The van der Waals surface area contributed by atoms with Gasteiger partial charge in [-0.2, -0.15) is 0 Å². The first-order valence-electron chi connectivity index (χ1n) is 8.32. The van der Waals surface area contributed by atoms with E-state index in [9.17, 15) is 8.78 Å². The molecular formula is C18H17ClF2N4O. The number of ether oxygens (including phenoxy) is 1. The Morgan fingerprint density at radius 3 is 2.85 bits per heavy atom. The topological polar surface area (TPSA) is 66.0 Å². The highest BCUT2D eigenvalue weighted by Gasteiger charge is 2.33. The van der Waals surface area contributed by atoms with Crippen molar-refractivity contribution in [2.75, 3.05) is 5.73 Å². The summed E-state index contributed by atoms with van der Waals surface area (Å²) in [7, 11) is 0. The predicted molar refractivity (Wildman–Crippen MR) is 94.9 cm³/mol. The number of benzene rings is 1. The highest BCUT2D eigenvalue weighted by atomic mass is 35.5. The summed E-state index contributed by atoms with van der Waals surface area (Å²) in [6.45, 7) is 1.98. The number of nitrogens with zero attached hydrogens (tertiary/aromatic N) is 3. The third-order valence-electron chi connectivity index (χ3n) is 4.96. The fourth-order valence-corrected chi connectivity index (χ4v) is 3.63. The molecule has 5 nitrogen and oxygen atoms in total. The lowest BCUT2D eigenvalue weighted by Gasteiger charge is -2.21. The first-order valence-corrected chi connectivity index (χ1v) is 8.70. The van der Waals surface area contributed by atoms with Gasteiger partial charge in [-0.3, -0.25) is 0 Å². The zero-order chi connectivity index (χ0) is 18.4. The van der Waals surface area contributed by atoms with Gasteiger partial charge in [-0.25, -0.2) is 18.7 Å². The van der Waals surface area contributed by atoms with E-state index < -0.39 is 11.6 Å². The quantitative estimate of drug-likeness (QED) is 0.732. The number of halogens is 3. The van der Waals surface area contributed by atoms with Gasteiger partial charge in [0, 0.05) is 12.1 Å². The number of nitrogen functional groups attached to an aromatic ring is 1. The van der Waals surface area contributed by atoms with Crippen molar-refractivity contribution in [3.05, 3.63) is 52.9 Å². The van der Waals surface area contributed by atoms with Crippen LogP contribution in [0.2, 0.25) is 5.02 Å². The van der Waals surface area contributed by atoms with E-state index in [1.807, 2.05) is 6.92 Å². The Morgan fingerprint density at radius 2 is 2.08 bits per heavy atom. The molecule has 3 heterocycles. The number of nitrogens with two attached hydrogens (primary N) is 1. The molecular weight excluding hydrogens is 362 g/mol. The van der Waals surface area contributed by atoms with E-state index in [1.165, 1.54) is 18.6 Å². The zero-order valence-electron chi connectivity index (χ0n) is 14.0. The van der Waals surface area contributed by atoms with Crippen molar-refractivity contribution in [2.24, 2.45) is 0 Å². The number of aromatic nitrogens is 3. The molecule has 2 aromatic heterocycles. The average molecular weight is 379 g/mol. The number of rotatable bonds is 3. The molecule has 3 aromatic rings. The molecule has 0 aliphatic carbocycles. The van der Waals surface area contributed by atoms with Gasteiger partial charge in [0.15, 0.2) is 11.5 Å². The van der Waals surface area contributed by atoms with Gasteiger partial charge in [0.1, 0.15) is 24.2 Å². The van der Waals surface area contributed by atoms with Crippen LogP contribution in [0.1, 0.15) is 37.5 Å². The van der Waals surface area contributed by atoms with Crippen LogP contribution >= 0.6 is 11.6 Å². The molecule has 3 atom stereocenters. The second-order valence-electron chi connectivity index (χ2n) is 6.51. The summed E-state index contributed by atoms with van der Waals surface area (Å²) in [5.74, 6) is -0.849. The average Bonchev–Trinajstić information content (AvgIpc) is 3.22. The minimum atomic E-state index is -0.474. The molecule has 2 N–H and O–H groups in total. The van der Waals surface area contributed by atoms with Crippen molar-refractivity contribution >= 4 is 28.5 Å². The summed E-state index contributed by atoms with van der Waals surface area (Å²) in [6.07, 6.45) is 3.62. The van der Waals surface area contributed by atoms with Crippen molar-refractivity contribution in [1.29, 1.82) is 0 Å². The zero-order valence-corrected chi connectivity index (χ0v) is 14.8. The minimum absolute atomic E-state index is 0.0295. The monoisotopic (exact) mass is 378 g/mol. The summed E-state index contributed by atoms with van der Waals surface area (Å²) < 4.78 is 35.8. The van der Waals surface area contributed by atoms with E-state index in [0.29, 0.717) is 12.1 Å². The maximum absolute atomic E-state index is 14.2. The maximum atomic E-state index is 14.2. The Morgan fingerprint density at radius 1 is 1.27 bits per heavy atom. The molecule has 26 heavy (non-hydrogen) atoms. The van der Waals surface area contributed by atoms with E-state index in [-0.39, 0.29) is 34.5 Å². The normalized spacial score (nSPS) is 21.4. The van der Waals surface area contributed by atoms with Gasteiger partial charge in [0.05, 0.1) is 16.5 Å². The van der Waals surface area contributed by atoms with Crippen LogP contribution in [-0.2, 0) is 4.74 Å². The minimum Gasteiger partial charge on any atom is -0.383 e. The van der Waals surface area contributed by atoms with Gasteiger partial charge < -0.3 is 15.0 Å². The molecule has 0 spiro atoms. The fraction of sp³-hybridized carbons (Fsp3) is 0.333. The lowest BCUT2D eigenvalue weighted by molar-refractivity contribution is -0.00586. The lowest BCUT2D eigenvalue weighted by atomic mass is 9.93. The van der Waals surface area contributed by atoms with Crippen LogP contribution in [0, 0.1) is 11.6 Å². The fourth-order valence-electron chi connectivity index (χ4n) is 3.51. The Hall–Kier alpha value is -2.25. The van der Waals surface area contributed by atoms with E-state index in [0.717, 1.165) is 12.0 Å². The molecule has 1 aliphatic heterocycles. The van der Waals surface area contributed by atoms with E-state index in [2.05, 4.69) is 9.97 Å². The first-order chi connectivity index (χ1) is 12.5. The highest BCUT2D eigenvalue weighted by molar-refractivity contribution is 6.30. The largest absolute Gasteiger partial charge is 0.383 e. The van der Waals surface area contributed by atoms with Crippen LogP contribution < -0.4 is 5.73 Å². The molecule has 0 bridgehead atoms. The molecule has 1 aliphatic rings.